The molecule has 8 nitrogen and oxygen atoms in total. The number of likely N-dealkylation sites (tertiary alicyclic amines) is 1. The van der Waals surface area contributed by atoms with Crippen LogP contribution < -0.4 is 9.64 Å². The number of amides is 2. The van der Waals surface area contributed by atoms with Crippen molar-refractivity contribution in [1.29, 1.82) is 5.26 Å². The summed E-state index contributed by atoms with van der Waals surface area (Å²) in [6.45, 7) is 1.37. The number of hydrogen-bond donors (Lipinski definition) is 0. The lowest BCUT2D eigenvalue weighted by Crippen LogP contribution is -2.37. The molecule has 1 aromatic carbocycles. The van der Waals surface area contributed by atoms with E-state index in [1.165, 1.54) is 12.4 Å². The molecule has 3 heterocycles. The number of benzene rings is 1. The van der Waals surface area contributed by atoms with Crippen LogP contribution in [0.15, 0.2) is 42.7 Å². The molecule has 8 heteroatoms. The zero-order valence-corrected chi connectivity index (χ0v) is 15.2. The second-order valence-corrected chi connectivity index (χ2v) is 6.88. The van der Waals surface area contributed by atoms with Crippen LogP contribution in [0.1, 0.15) is 18.5 Å². The monoisotopic (exact) mass is 377 g/mol. The van der Waals surface area contributed by atoms with Crippen molar-refractivity contribution < 1.29 is 14.3 Å². The number of ether oxygens (including phenoxy) is 1. The van der Waals surface area contributed by atoms with Gasteiger partial charge in [-0.25, -0.2) is 9.97 Å². The highest BCUT2D eigenvalue weighted by atomic mass is 16.5. The average Bonchev–Trinajstić information content (AvgIpc) is 3.35. The zero-order valence-electron chi connectivity index (χ0n) is 15.2. The minimum Gasteiger partial charge on any atom is -0.470 e. The van der Waals surface area contributed by atoms with E-state index < -0.39 is 0 Å². The quantitative estimate of drug-likeness (QED) is 0.798. The summed E-state index contributed by atoms with van der Waals surface area (Å²) in [5.74, 6) is -0.222. The Morgan fingerprint density at radius 3 is 2.75 bits per heavy atom. The Bertz CT molecular complexity index is 927. The molecule has 2 fully saturated rings. The van der Waals surface area contributed by atoms with E-state index in [9.17, 15) is 9.59 Å². The molecular formula is C20H19N5O3. The molecule has 1 aromatic heterocycles. The summed E-state index contributed by atoms with van der Waals surface area (Å²) in [4.78, 5) is 36.7. The highest BCUT2D eigenvalue weighted by Gasteiger charge is 2.39. The molecule has 2 aliphatic heterocycles. The van der Waals surface area contributed by atoms with Crippen LogP contribution in [-0.2, 0) is 9.59 Å². The summed E-state index contributed by atoms with van der Waals surface area (Å²) < 4.78 is 5.78. The summed E-state index contributed by atoms with van der Waals surface area (Å²) in [5.41, 5.74) is 0.948. The van der Waals surface area contributed by atoms with Crippen molar-refractivity contribution in [3.8, 4) is 11.9 Å². The lowest BCUT2D eigenvalue weighted by Gasteiger charge is -2.21. The molecule has 2 amide bonds. The molecule has 28 heavy (non-hydrogen) atoms. The lowest BCUT2D eigenvalue weighted by atomic mass is 10.1. The van der Waals surface area contributed by atoms with E-state index in [-0.39, 0.29) is 41.8 Å². The number of nitrogens with zero attached hydrogens (tertiary/aromatic N) is 5. The predicted octanol–water partition coefficient (Wildman–Crippen LogP) is 1.38. The van der Waals surface area contributed by atoms with E-state index >= 15 is 0 Å². The van der Waals surface area contributed by atoms with Gasteiger partial charge in [0, 0.05) is 44.0 Å². The largest absolute Gasteiger partial charge is 0.470 e. The van der Waals surface area contributed by atoms with Crippen LogP contribution in [0.4, 0.5) is 5.69 Å². The van der Waals surface area contributed by atoms with Gasteiger partial charge in [-0.1, -0.05) is 18.2 Å². The molecule has 2 atom stereocenters. The maximum atomic E-state index is 12.9. The van der Waals surface area contributed by atoms with Gasteiger partial charge in [0.1, 0.15) is 12.2 Å². The van der Waals surface area contributed by atoms with Gasteiger partial charge in [-0.2, -0.15) is 5.26 Å². The molecule has 142 valence electrons. The molecule has 2 unspecified atom stereocenters. The molecule has 2 saturated heterocycles. The van der Waals surface area contributed by atoms with Crippen molar-refractivity contribution in [2.45, 2.75) is 18.9 Å². The van der Waals surface area contributed by atoms with Crippen LogP contribution in [0.25, 0.3) is 0 Å². The second-order valence-electron chi connectivity index (χ2n) is 6.88. The van der Waals surface area contributed by atoms with Crippen LogP contribution in [0.5, 0.6) is 5.88 Å². The van der Waals surface area contributed by atoms with Gasteiger partial charge in [-0.05, 0) is 12.1 Å². The van der Waals surface area contributed by atoms with E-state index in [2.05, 4.69) is 9.97 Å². The minimum absolute atomic E-state index is 0.0301. The number of hydrogen-bond acceptors (Lipinski definition) is 6. The van der Waals surface area contributed by atoms with Crippen molar-refractivity contribution in [1.82, 2.24) is 14.9 Å². The number of rotatable bonds is 4. The summed E-state index contributed by atoms with van der Waals surface area (Å²) in [7, 11) is 0. The number of carbonyl (C=O) groups excluding carboxylic acids is 2. The Kier molecular flexibility index (Phi) is 4.89. The van der Waals surface area contributed by atoms with Crippen LogP contribution in [0.2, 0.25) is 0 Å². The highest BCUT2D eigenvalue weighted by Crippen LogP contribution is 2.28. The van der Waals surface area contributed by atoms with E-state index in [0.29, 0.717) is 26.1 Å². The second kappa shape index (κ2) is 7.64. The third-order valence-corrected chi connectivity index (χ3v) is 5.05. The van der Waals surface area contributed by atoms with Gasteiger partial charge in [0.2, 0.25) is 17.5 Å². The Morgan fingerprint density at radius 1 is 1.18 bits per heavy atom. The number of para-hydroxylation sites is 1. The standard InChI is InChI=1S/C20H19N5O3/c21-11-17-19(23-8-7-22-17)28-16-6-9-24(13-16)20(27)14-10-18(26)25(12-14)15-4-2-1-3-5-15/h1-5,7-8,14,16H,6,9-10,12-13H2. The minimum atomic E-state index is -0.349. The van der Waals surface area contributed by atoms with Gasteiger partial charge in [0.25, 0.3) is 5.88 Å². The summed E-state index contributed by atoms with van der Waals surface area (Å²) in [6.07, 6.45) is 3.53. The van der Waals surface area contributed by atoms with Crippen LogP contribution in [-0.4, -0.2) is 52.4 Å². The maximum absolute atomic E-state index is 12.9. The number of carbonyl (C=O) groups is 2. The molecule has 0 saturated carbocycles. The first-order valence-electron chi connectivity index (χ1n) is 9.17. The first kappa shape index (κ1) is 17.9. The van der Waals surface area contributed by atoms with Crippen LogP contribution in [0, 0.1) is 17.2 Å². The van der Waals surface area contributed by atoms with Gasteiger partial charge in [-0.3, -0.25) is 9.59 Å². The van der Waals surface area contributed by atoms with Crippen molar-refractivity contribution in [2.75, 3.05) is 24.5 Å². The van der Waals surface area contributed by atoms with Crippen LogP contribution >= 0.6 is 0 Å². The predicted molar refractivity (Wildman–Crippen MR) is 99.3 cm³/mol. The molecule has 0 aliphatic carbocycles. The topological polar surface area (TPSA) is 99.4 Å². The normalized spacial score (nSPS) is 21.6. The molecule has 0 spiro atoms. The van der Waals surface area contributed by atoms with E-state index in [0.717, 1.165) is 5.69 Å². The maximum Gasteiger partial charge on any atom is 0.251 e. The molecule has 2 aliphatic rings. The Balaban J connectivity index is 1.37. The SMILES string of the molecule is N#Cc1nccnc1OC1CCN(C(=O)C2CC(=O)N(c3ccccc3)C2)C1. The average molecular weight is 377 g/mol. The fourth-order valence-electron chi connectivity index (χ4n) is 3.66. The zero-order chi connectivity index (χ0) is 19.5. The van der Waals surface area contributed by atoms with Gasteiger partial charge in [0.15, 0.2) is 0 Å². The number of aromatic nitrogens is 2. The van der Waals surface area contributed by atoms with Gasteiger partial charge < -0.3 is 14.5 Å². The van der Waals surface area contributed by atoms with E-state index in [1.54, 1.807) is 9.80 Å². The van der Waals surface area contributed by atoms with E-state index in [1.807, 2.05) is 36.4 Å². The fourth-order valence-corrected chi connectivity index (χ4v) is 3.66. The highest BCUT2D eigenvalue weighted by molar-refractivity contribution is 6.00. The first-order valence-corrected chi connectivity index (χ1v) is 9.17. The van der Waals surface area contributed by atoms with Gasteiger partial charge in [0.05, 0.1) is 12.5 Å². The lowest BCUT2D eigenvalue weighted by molar-refractivity contribution is -0.135. The third-order valence-electron chi connectivity index (χ3n) is 5.05. The smallest absolute Gasteiger partial charge is 0.251 e. The molecule has 4 rings (SSSR count). The van der Waals surface area contributed by atoms with E-state index in [4.69, 9.17) is 10.00 Å². The fraction of sp³-hybridized carbons (Fsp3) is 0.350. The molecular weight excluding hydrogens is 358 g/mol. The Morgan fingerprint density at radius 2 is 1.96 bits per heavy atom. The third kappa shape index (κ3) is 3.51. The summed E-state index contributed by atoms with van der Waals surface area (Å²) in [6, 6.07) is 11.3. The van der Waals surface area contributed by atoms with Gasteiger partial charge in [-0.15, -0.1) is 0 Å². The first-order chi connectivity index (χ1) is 13.7. The number of anilines is 1. The molecule has 0 bridgehead atoms. The Labute approximate surface area is 162 Å². The summed E-state index contributed by atoms with van der Waals surface area (Å²) >= 11 is 0. The van der Waals surface area contributed by atoms with Gasteiger partial charge >= 0.3 is 0 Å². The van der Waals surface area contributed by atoms with Crippen molar-refractivity contribution in [2.24, 2.45) is 5.92 Å². The molecule has 0 radical (unpaired) electrons. The molecule has 2 aromatic rings. The number of nitriles is 1. The van der Waals surface area contributed by atoms with Crippen molar-refractivity contribution in [3.05, 3.63) is 48.4 Å². The van der Waals surface area contributed by atoms with Crippen molar-refractivity contribution >= 4 is 17.5 Å². The van der Waals surface area contributed by atoms with Crippen molar-refractivity contribution in [3.63, 3.8) is 0 Å². The Hall–Kier alpha value is -3.47. The molecule has 0 N–H and O–H groups in total. The summed E-state index contributed by atoms with van der Waals surface area (Å²) in [5, 5.41) is 9.09. The van der Waals surface area contributed by atoms with Crippen LogP contribution in [0.3, 0.4) is 0 Å².